The summed E-state index contributed by atoms with van der Waals surface area (Å²) < 4.78 is 16.3. The fourth-order valence-electron chi connectivity index (χ4n) is 3.57. The lowest BCUT2D eigenvalue weighted by Crippen LogP contribution is -2.39. The van der Waals surface area contributed by atoms with Crippen LogP contribution in [0.25, 0.3) is 0 Å². The first-order valence-electron chi connectivity index (χ1n) is 10.8. The first kappa shape index (κ1) is 24.1. The summed E-state index contributed by atoms with van der Waals surface area (Å²) in [5.41, 5.74) is 0.996. The summed E-state index contributed by atoms with van der Waals surface area (Å²) in [6.45, 7) is 10.1. The minimum Gasteiger partial charge on any atom is -0.493 e. The highest BCUT2D eigenvalue weighted by molar-refractivity contribution is 5.79. The minimum absolute atomic E-state index is 0.518. The van der Waals surface area contributed by atoms with Crippen molar-refractivity contribution < 1.29 is 14.2 Å². The van der Waals surface area contributed by atoms with Gasteiger partial charge in [0.2, 0.25) is 5.75 Å². The van der Waals surface area contributed by atoms with Gasteiger partial charge in [-0.05, 0) is 64.1 Å². The predicted octanol–water partition coefficient (Wildman–Crippen LogP) is 1.80. The van der Waals surface area contributed by atoms with Gasteiger partial charge in [0.05, 0.1) is 27.9 Å². The standard InChI is InChI=1S/C22H39N5O3/c1-6-23-22(24-9-7-11-27-12-8-10-26(2)13-14-27)25-17-18-15-19(28-3)21(30-5)20(16-18)29-4/h15-16H,6-14,17H2,1-5H3,(H2,23,24,25). The van der Waals surface area contributed by atoms with E-state index in [0.29, 0.717) is 23.8 Å². The number of hydrogen-bond acceptors (Lipinski definition) is 6. The number of guanidine groups is 1. The van der Waals surface area contributed by atoms with Gasteiger partial charge in [-0.3, -0.25) is 0 Å². The topological polar surface area (TPSA) is 70.6 Å². The van der Waals surface area contributed by atoms with Crippen LogP contribution < -0.4 is 24.8 Å². The Morgan fingerprint density at radius 3 is 2.37 bits per heavy atom. The molecule has 0 unspecified atom stereocenters. The van der Waals surface area contributed by atoms with E-state index in [-0.39, 0.29) is 0 Å². The van der Waals surface area contributed by atoms with Crippen molar-refractivity contribution >= 4 is 5.96 Å². The Labute approximate surface area is 181 Å². The zero-order valence-corrected chi connectivity index (χ0v) is 19.3. The molecule has 8 nitrogen and oxygen atoms in total. The van der Waals surface area contributed by atoms with Gasteiger partial charge < -0.3 is 34.6 Å². The predicted molar refractivity (Wildman–Crippen MR) is 122 cm³/mol. The SMILES string of the molecule is CCNC(=NCc1cc(OC)c(OC)c(OC)c1)NCCCN1CCCN(C)CC1. The van der Waals surface area contributed by atoms with E-state index in [4.69, 9.17) is 19.2 Å². The number of nitrogens with one attached hydrogen (secondary N) is 2. The van der Waals surface area contributed by atoms with E-state index in [1.165, 1.54) is 19.5 Å². The van der Waals surface area contributed by atoms with Crippen LogP contribution >= 0.6 is 0 Å². The van der Waals surface area contributed by atoms with Crippen LogP contribution in [0.4, 0.5) is 0 Å². The average Bonchev–Trinajstić information content (AvgIpc) is 2.97. The number of nitrogens with zero attached hydrogens (tertiary/aromatic N) is 3. The van der Waals surface area contributed by atoms with Crippen molar-refractivity contribution in [2.45, 2.75) is 26.3 Å². The van der Waals surface area contributed by atoms with Crippen molar-refractivity contribution in [1.29, 1.82) is 0 Å². The summed E-state index contributed by atoms with van der Waals surface area (Å²) in [4.78, 5) is 9.70. The number of rotatable bonds is 10. The number of hydrogen-bond donors (Lipinski definition) is 2. The highest BCUT2D eigenvalue weighted by atomic mass is 16.5. The molecule has 1 aromatic rings. The van der Waals surface area contributed by atoms with Gasteiger partial charge in [0.15, 0.2) is 17.5 Å². The number of benzene rings is 1. The molecule has 8 heteroatoms. The van der Waals surface area contributed by atoms with E-state index in [2.05, 4.69) is 34.4 Å². The lowest BCUT2D eigenvalue weighted by atomic mass is 10.2. The second-order valence-electron chi connectivity index (χ2n) is 7.51. The number of ether oxygens (including phenoxy) is 3. The molecule has 2 rings (SSSR count). The fourth-order valence-corrected chi connectivity index (χ4v) is 3.57. The van der Waals surface area contributed by atoms with Crippen molar-refractivity contribution in [3.8, 4) is 17.2 Å². The molecular weight excluding hydrogens is 382 g/mol. The summed E-state index contributed by atoms with van der Waals surface area (Å²) in [5.74, 6) is 2.70. The molecule has 1 aromatic carbocycles. The molecule has 1 heterocycles. The Morgan fingerprint density at radius 2 is 1.73 bits per heavy atom. The molecular formula is C22H39N5O3. The molecule has 170 valence electrons. The van der Waals surface area contributed by atoms with Gasteiger partial charge in [0.25, 0.3) is 0 Å². The third kappa shape index (κ3) is 7.57. The number of aliphatic imine (C=N–C) groups is 1. The molecule has 0 amide bonds. The Balaban J connectivity index is 1.89. The highest BCUT2D eigenvalue weighted by Gasteiger charge is 2.13. The largest absolute Gasteiger partial charge is 0.493 e. The van der Waals surface area contributed by atoms with E-state index in [1.54, 1.807) is 21.3 Å². The van der Waals surface area contributed by atoms with Gasteiger partial charge >= 0.3 is 0 Å². The number of likely N-dealkylation sites (N-methyl/N-ethyl adjacent to an activating group) is 1. The molecule has 0 aliphatic carbocycles. The van der Waals surface area contributed by atoms with E-state index in [9.17, 15) is 0 Å². The van der Waals surface area contributed by atoms with Gasteiger partial charge in [-0.2, -0.15) is 0 Å². The van der Waals surface area contributed by atoms with Crippen LogP contribution in [0.3, 0.4) is 0 Å². The second kappa shape index (κ2) is 13.2. The second-order valence-corrected chi connectivity index (χ2v) is 7.51. The van der Waals surface area contributed by atoms with Crippen LogP contribution in [0.15, 0.2) is 17.1 Å². The van der Waals surface area contributed by atoms with Crippen molar-refractivity contribution in [3.63, 3.8) is 0 Å². The van der Waals surface area contributed by atoms with Gasteiger partial charge in [0.1, 0.15) is 0 Å². The van der Waals surface area contributed by atoms with E-state index >= 15 is 0 Å². The Bertz CT molecular complexity index is 643. The van der Waals surface area contributed by atoms with E-state index < -0.39 is 0 Å². The van der Waals surface area contributed by atoms with Crippen molar-refractivity contribution in [2.75, 3.05) is 74.2 Å². The molecule has 2 N–H and O–H groups in total. The molecule has 30 heavy (non-hydrogen) atoms. The van der Waals surface area contributed by atoms with Crippen LogP contribution in [-0.4, -0.2) is 89.9 Å². The van der Waals surface area contributed by atoms with Gasteiger partial charge in [-0.1, -0.05) is 0 Å². The van der Waals surface area contributed by atoms with Gasteiger partial charge in [-0.15, -0.1) is 0 Å². The van der Waals surface area contributed by atoms with Crippen molar-refractivity contribution in [3.05, 3.63) is 17.7 Å². The van der Waals surface area contributed by atoms with Gasteiger partial charge in [-0.25, -0.2) is 4.99 Å². The maximum Gasteiger partial charge on any atom is 0.203 e. The summed E-state index contributed by atoms with van der Waals surface area (Å²) in [5, 5.41) is 6.77. The molecule has 1 aliphatic rings. The molecule has 0 spiro atoms. The third-order valence-corrected chi connectivity index (χ3v) is 5.24. The fraction of sp³-hybridized carbons (Fsp3) is 0.682. The van der Waals surface area contributed by atoms with Crippen LogP contribution in [0.5, 0.6) is 17.2 Å². The van der Waals surface area contributed by atoms with Crippen LogP contribution in [0.1, 0.15) is 25.3 Å². The zero-order chi connectivity index (χ0) is 21.8. The first-order valence-corrected chi connectivity index (χ1v) is 10.8. The molecule has 0 radical (unpaired) electrons. The van der Waals surface area contributed by atoms with Crippen LogP contribution in [0, 0.1) is 0 Å². The lowest BCUT2D eigenvalue weighted by Gasteiger charge is -2.20. The summed E-state index contributed by atoms with van der Waals surface area (Å²) >= 11 is 0. The maximum atomic E-state index is 5.43. The molecule has 0 saturated carbocycles. The minimum atomic E-state index is 0.518. The molecule has 0 atom stereocenters. The van der Waals surface area contributed by atoms with Gasteiger partial charge in [0, 0.05) is 26.2 Å². The first-order chi connectivity index (χ1) is 14.6. The highest BCUT2D eigenvalue weighted by Crippen LogP contribution is 2.38. The van der Waals surface area contributed by atoms with Crippen LogP contribution in [-0.2, 0) is 6.54 Å². The Kier molecular flexibility index (Phi) is 10.6. The van der Waals surface area contributed by atoms with E-state index in [1.807, 2.05) is 12.1 Å². The molecule has 1 fully saturated rings. The average molecular weight is 422 g/mol. The summed E-state index contributed by atoms with van der Waals surface area (Å²) in [6.07, 6.45) is 2.35. The maximum absolute atomic E-state index is 5.43. The van der Waals surface area contributed by atoms with Crippen LogP contribution in [0.2, 0.25) is 0 Å². The lowest BCUT2D eigenvalue weighted by molar-refractivity contribution is 0.274. The number of methoxy groups -OCH3 is 3. The molecule has 1 saturated heterocycles. The normalized spacial score (nSPS) is 16.1. The zero-order valence-electron chi connectivity index (χ0n) is 19.3. The van der Waals surface area contributed by atoms with Crippen molar-refractivity contribution in [2.24, 2.45) is 4.99 Å². The smallest absolute Gasteiger partial charge is 0.203 e. The summed E-state index contributed by atoms with van der Waals surface area (Å²) in [6, 6.07) is 3.87. The van der Waals surface area contributed by atoms with E-state index in [0.717, 1.165) is 50.7 Å². The Morgan fingerprint density at radius 1 is 1.00 bits per heavy atom. The van der Waals surface area contributed by atoms with Crippen molar-refractivity contribution in [1.82, 2.24) is 20.4 Å². The monoisotopic (exact) mass is 421 g/mol. The third-order valence-electron chi connectivity index (χ3n) is 5.24. The Hall–Kier alpha value is -2.19. The quantitative estimate of drug-likeness (QED) is 0.339. The molecule has 0 aromatic heterocycles. The summed E-state index contributed by atoms with van der Waals surface area (Å²) in [7, 11) is 7.06. The molecule has 0 bridgehead atoms. The molecule has 1 aliphatic heterocycles.